The number of hydrogen-bond acceptors (Lipinski definition) is 5. The minimum Gasteiger partial charge on any atom is -0.312 e. The normalized spacial score (nSPS) is 26.1. The molecule has 0 radical (unpaired) electrons. The number of carbonyl (C=O) groups excluding carboxylic acids is 1. The number of pyridine rings is 1. The Labute approximate surface area is 145 Å². The fraction of sp³-hybridized carbons (Fsp3) is 0.294. The number of rotatable bonds is 4. The zero-order valence-corrected chi connectivity index (χ0v) is 13.9. The first-order chi connectivity index (χ1) is 11.8. The molecule has 2 aromatic rings. The molecule has 2 aliphatic rings. The number of benzene rings is 1. The molecule has 24 heavy (non-hydrogen) atoms. The largest absolute Gasteiger partial charge is 0.335 e. The molecule has 2 saturated heterocycles. The number of thioether (sulfide) groups is 1. The van der Waals surface area contributed by atoms with Gasteiger partial charge in [-0.2, -0.15) is 0 Å². The van der Waals surface area contributed by atoms with Crippen molar-refractivity contribution >= 4 is 17.8 Å². The van der Waals surface area contributed by atoms with Gasteiger partial charge in [0.15, 0.2) is 0 Å². The van der Waals surface area contributed by atoms with Crippen LogP contribution < -0.4 is 16.1 Å². The molecule has 3 heterocycles. The van der Waals surface area contributed by atoms with Crippen molar-refractivity contribution < 1.29 is 4.79 Å². The second kappa shape index (κ2) is 6.80. The van der Waals surface area contributed by atoms with Crippen molar-refractivity contribution in [2.24, 2.45) is 0 Å². The Bertz CT molecular complexity index is 699. The van der Waals surface area contributed by atoms with Gasteiger partial charge in [-0.05, 0) is 17.2 Å². The number of amides is 2. The van der Waals surface area contributed by atoms with Crippen LogP contribution in [0.25, 0.3) is 0 Å². The number of carbonyl (C=O) groups is 1. The van der Waals surface area contributed by atoms with E-state index in [1.54, 1.807) is 23.0 Å². The van der Waals surface area contributed by atoms with E-state index in [0.717, 1.165) is 17.9 Å². The van der Waals surface area contributed by atoms with Gasteiger partial charge < -0.3 is 5.32 Å². The number of fused-ring (bicyclic) bond motifs is 1. The quantitative estimate of drug-likeness (QED) is 0.792. The van der Waals surface area contributed by atoms with Gasteiger partial charge in [-0.3, -0.25) is 10.3 Å². The second-order valence-electron chi connectivity index (χ2n) is 5.86. The minimum atomic E-state index is -0.120. The van der Waals surface area contributed by atoms with Gasteiger partial charge in [0.2, 0.25) is 0 Å². The van der Waals surface area contributed by atoms with Crippen molar-refractivity contribution in [1.82, 2.24) is 26.1 Å². The van der Waals surface area contributed by atoms with Crippen LogP contribution in [0.2, 0.25) is 0 Å². The van der Waals surface area contributed by atoms with Crippen molar-refractivity contribution in [2.75, 3.05) is 6.54 Å². The Morgan fingerprint density at radius 3 is 2.88 bits per heavy atom. The van der Waals surface area contributed by atoms with Crippen LogP contribution in [0.1, 0.15) is 17.0 Å². The summed E-state index contributed by atoms with van der Waals surface area (Å²) >= 11 is 1.66. The van der Waals surface area contributed by atoms with Crippen LogP contribution in [0.4, 0.5) is 4.79 Å². The smallest absolute Gasteiger partial charge is 0.312 e. The van der Waals surface area contributed by atoms with Crippen LogP contribution in [0.3, 0.4) is 0 Å². The van der Waals surface area contributed by atoms with Gasteiger partial charge in [0.25, 0.3) is 0 Å². The lowest BCUT2D eigenvalue weighted by Crippen LogP contribution is -2.65. The topological polar surface area (TPSA) is 69.3 Å². The Kier molecular flexibility index (Phi) is 4.38. The van der Waals surface area contributed by atoms with E-state index >= 15 is 0 Å². The number of aromatic nitrogens is 1. The molecule has 0 spiro atoms. The van der Waals surface area contributed by atoms with Crippen LogP contribution in [-0.2, 0) is 5.75 Å². The summed E-state index contributed by atoms with van der Waals surface area (Å²) in [6, 6.07) is 14.2. The van der Waals surface area contributed by atoms with Gasteiger partial charge in [0.05, 0.1) is 0 Å². The molecular weight excluding hydrogens is 322 g/mol. The first kappa shape index (κ1) is 15.4. The van der Waals surface area contributed by atoms with E-state index in [1.165, 1.54) is 5.56 Å². The van der Waals surface area contributed by atoms with Crippen LogP contribution in [-0.4, -0.2) is 34.2 Å². The Balaban J connectivity index is 1.45. The third-order valence-corrected chi connectivity index (χ3v) is 5.39. The molecule has 4 rings (SSSR count). The first-order valence-corrected chi connectivity index (χ1v) is 9.01. The third-order valence-electron chi connectivity index (χ3n) is 4.30. The van der Waals surface area contributed by atoms with Crippen LogP contribution >= 0.6 is 11.8 Å². The number of nitrogens with one attached hydrogen (secondary N) is 3. The molecule has 124 valence electrons. The van der Waals surface area contributed by atoms with E-state index in [2.05, 4.69) is 33.2 Å². The monoisotopic (exact) mass is 341 g/mol. The molecule has 3 atom stereocenters. The fourth-order valence-electron chi connectivity index (χ4n) is 3.11. The minimum absolute atomic E-state index is 0.0486. The zero-order valence-electron chi connectivity index (χ0n) is 13.1. The molecule has 0 bridgehead atoms. The molecule has 3 N–H and O–H groups in total. The fourth-order valence-corrected chi connectivity index (χ4v) is 4.06. The number of hydrogen-bond donors (Lipinski definition) is 3. The van der Waals surface area contributed by atoms with Crippen LogP contribution in [0.15, 0.2) is 54.9 Å². The molecule has 1 aromatic heterocycles. The number of urea groups is 1. The molecule has 2 amide bonds. The summed E-state index contributed by atoms with van der Waals surface area (Å²) in [4.78, 5) is 16.5. The third kappa shape index (κ3) is 3.10. The number of nitrogens with zero attached hydrogens (tertiary/aromatic N) is 2. The standard InChI is InChI=1S/C17H19N5OS/c23-17-21-16(24-11-12-5-4-8-18-9-12)20-15-14(10-19-22(15)17)13-6-2-1-3-7-13/h1-9,14-16,19-20H,10-11H2,(H,21,23). The molecule has 2 aliphatic heterocycles. The summed E-state index contributed by atoms with van der Waals surface area (Å²) in [5.74, 6) is 1.03. The Hall–Kier alpha value is -2.09. The summed E-state index contributed by atoms with van der Waals surface area (Å²) in [7, 11) is 0. The van der Waals surface area contributed by atoms with E-state index in [-0.39, 0.29) is 23.6 Å². The highest BCUT2D eigenvalue weighted by Crippen LogP contribution is 2.29. The van der Waals surface area contributed by atoms with Crippen LogP contribution in [0.5, 0.6) is 0 Å². The maximum absolute atomic E-state index is 12.4. The van der Waals surface area contributed by atoms with Crippen molar-refractivity contribution in [1.29, 1.82) is 0 Å². The summed E-state index contributed by atoms with van der Waals surface area (Å²) in [5.41, 5.74) is 5.45. The van der Waals surface area contributed by atoms with E-state index < -0.39 is 0 Å². The average molecular weight is 341 g/mol. The maximum Gasteiger partial charge on any atom is 0.335 e. The highest BCUT2D eigenvalue weighted by molar-refractivity contribution is 7.99. The van der Waals surface area contributed by atoms with Crippen molar-refractivity contribution in [3.63, 3.8) is 0 Å². The van der Waals surface area contributed by atoms with Gasteiger partial charge >= 0.3 is 6.03 Å². The molecular formula is C17H19N5OS. The molecule has 6 nitrogen and oxygen atoms in total. The highest BCUT2D eigenvalue weighted by atomic mass is 32.2. The molecule has 0 saturated carbocycles. The Morgan fingerprint density at radius 1 is 1.21 bits per heavy atom. The lowest BCUT2D eigenvalue weighted by Gasteiger charge is -2.37. The lowest BCUT2D eigenvalue weighted by molar-refractivity contribution is 0.128. The molecule has 2 fully saturated rings. The van der Waals surface area contributed by atoms with E-state index in [1.807, 2.05) is 36.5 Å². The van der Waals surface area contributed by atoms with Crippen molar-refractivity contribution in [3.8, 4) is 0 Å². The highest BCUT2D eigenvalue weighted by Gasteiger charge is 2.43. The van der Waals surface area contributed by atoms with Gasteiger partial charge in [-0.1, -0.05) is 36.4 Å². The molecule has 0 aliphatic carbocycles. The van der Waals surface area contributed by atoms with Crippen LogP contribution in [0, 0.1) is 0 Å². The lowest BCUT2D eigenvalue weighted by atomic mass is 9.97. The summed E-state index contributed by atoms with van der Waals surface area (Å²) in [6.07, 6.45) is 3.57. The first-order valence-electron chi connectivity index (χ1n) is 7.96. The van der Waals surface area contributed by atoms with E-state index in [0.29, 0.717) is 0 Å². The second-order valence-corrected chi connectivity index (χ2v) is 6.96. The van der Waals surface area contributed by atoms with Gasteiger partial charge in [0.1, 0.15) is 11.7 Å². The number of hydrazine groups is 1. The maximum atomic E-state index is 12.4. The molecule has 3 unspecified atom stereocenters. The molecule has 1 aromatic carbocycles. The van der Waals surface area contributed by atoms with E-state index in [4.69, 9.17) is 0 Å². The summed E-state index contributed by atoms with van der Waals surface area (Å²) in [6.45, 7) is 0.745. The van der Waals surface area contributed by atoms with Crippen molar-refractivity contribution in [3.05, 3.63) is 66.0 Å². The average Bonchev–Trinajstić information content (AvgIpc) is 3.06. The van der Waals surface area contributed by atoms with E-state index in [9.17, 15) is 4.79 Å². The summed E-state index contributed by atoms with van der Waals surface area (Å²) < 4.78 is 0. The molecule has 7 heteroatoms. The Morgan fingerprint density at radius 2 is 2.08 bits per heavy atom. The predicted octanol–water partition coefficient (Wildman–Crippen LogP) is 1.84. The zero-order chi connectivity index (χ0) is 16.4. The predicted molar refractivity (Wildman–Crippen MR) is 93.8 cm³/mol. The van der Waals surface area contributed by atoms with Gasteiger partial charge in [0, 0.05) is 30.6 Å². The van der Waals surface area contributed by atoms with Gasteiger partial charge in [-0.25, -0.2) is 15.2 Å². The van der Waals surface area contributed by atoms with Crippen molar-refractivity contribution in [2.45, 2.75) is 23.3 Å². The van der Waals surface area contributed by atoms with Gasteiger partial charge in [-0.15, -0.1) is 11.8 Å². The SMILES string of the molecule is O=C1NC(SCc2cccnc2)NC2C(c3ccccc3)CNN12. The summed E-state index contributed by atoms with van der Waals surface area (Å²) in [5, 5.41) is 8.19.